The fourth-order valence-electron chi connectivity index (χ4n) is 5.49. The van der Waals surface area contributed by atoms with E-state index in [2.05, 4.69) is 24.5 Å². The molecule has 0 bridgehead atoms. The first-order valence-electron chi connectivity index (χ1n) is 12.8. The summed E-state index contributed by atoms with van der Waals surface area (Å²) in [4.78, 5) is 16.0. The van der Waals surface area contributed by atoms with Crippen LogP contribution in [0.15, 0.2) is 78.0 Å². The van der Waals surface area contributed by atoms with E-state index in [-0.39, 0.29) is 11.2 Å². The molecule has 8 heteroatoms. The lowest BCUT2D eigenvalue weighted by Gasteiger charge is -2.38. The zero-order chi connectivity index (χ0) is 27.7. The molecule has 39 heavy (non-hydrogen) atoms. The SMILES string of the molecule is COc1cc(C2C3=C(CC(C)(C)CC3=O)Nc3ccccc3N2C(=S)Nc2ccccc2)cc(OC)c1OC. The predicted molar refractivity (Wildman–Crippen MR) is 159 cm³/mol. The van der Waals surface area contributed by atoms with Crippen molar-refractivity contribution in [2.24, 2.45) is 5.41 Å². The molecule has 2 aliphatic rings. The van der Waals surface area contributed by atoms with E-state index in [1.807, 2.05) is 71.6 Å². The molecule has 5 rings (SSSR count). The van der Waals surface area contributed by atoms with E-state index in [0.717, 1.165) is 34.7 Å². The zero-order valence-electron chi connectivity index (χ0n) is 22.8. The van der Waals surface area contributed by atoms with E-state index in [1.165, 1.54) is 0 Å². The minimum Gasteiger partial charge on any atom is -0.493 e. The molecule has 1 heterocycles. The summed E-state index contributed by atoms with van der Waals surface area (Å²) in [5.41, 5.74) is 4.76. The van der Waals surface area contributed by atoms with Crippen LogP contribution in [0.5, 0.6) is 17.2 Å². The molecule has 3 aromatic rings. The van der Waals surface area contributed by atoms with E-state index in [4.69, 9.17) is 26.4 Å². The Bertz CT molecular complexity index is 1430. The maximum absolute atomic E-state index is 14.0. The number of carbonyl (C=O) groups is 1. The average Bonchev–Trinajstić information content (AvgIpc) is 3.06. The highest BCUT2D eigenvalue weighted by molar-refractivity contribution is 7.80. The second-order valence-corrected chi connectivity index (χ2v) is 10.9. The van der Waals surface area contributed by atoms with Crippen LogP contribution in [0, 0.1) is 5.41 Å². The van der Waals surface area contributed by atoms with Gasteiger partial charge in [0.05, 0.1) is 38.7 Å². The number of methoxy groups -OCH3 is 3. The van der Waals surface area contributed by atoms with Crippen LogP contribution in [0.1, 0.15) is 38.3 Å². The fourth-order valence-corrected chi connectivity index (χ4v) is 5.81. The van der Waals surface area contributed by atoms with Gasteiger partial charge in [0.15, 0.2) is 22.4 Å². The van der Waals surface area contributed by atoms with Crippen LogP contribution in [0.2, 0.25) is 0 Å². The monoisotopic (exact) mass is 543 g/mol. The third-order valence-electron chi connectivity index (χ3n) is 7.15. The minimum absolute atomic E-state index is 0.0767. The number of ether oxygens (including phenoxy) is 3. The maximum Gasteiger partial charge on any atom is 0.203 e. The smallest absolute Gasteiger partial charge is 0.203 e. The van der Waals surface area contributed by atoms with E-state index in [1.54, 1.807) is 21.3 Å². The molecule has 202 valence electrons. The molecule has 0 saturated carbocycles. The average molecular weight is 544 g/mol. The van der Waals surface area contributed by atoms with Gasteiger partial charge in [0.25, 0.3) is 0 Å². The summed E-state index contributed by atoms with van der Waals surface area (Å²) in [6.07, 6.45) is 1.15. The van der Waals surface area contributed by atoms with Crippen molar-refractivity contribution in [2.75, 3.05) is 36.9 Å². The largest absolute Gasteiger partial charge is 0.493 e. The van der Waals surface area contributed by atoms with Crippen molar-refractivity contribution in [2.45, 2.75) is 32.7 Å². The Kier molecular flexibility index (Phi) is 7.23. The summed E-state index contributed by atoms with van der Waals surface area (Å²) in [5.74, 6) is 1.57. The van der Waals surface area contributed by atoms with Crippen molar-refractivity contribution in [1.29, 1.82) is 0 Å². The summed E-state index contributed by atoms with van der Waals surface area (Å²) in [7, 11) is 4.75. The Balaban J connectivity index is 1.78. The first-order chi connectivity index (χ1) is 18.8. The summed E-state index contributed by atoms with van der Waals surface area (Å²) in [6.45, 7) is 4.25. The highest BCUT2D eigenvalue weighted by atomic mass is 32.1. The Morgan fingerprint density at radius 2 is 1.59 bits per heavy atom. The number of Topliss-reactive ketones (excluding diaryl/α,β-unsaturated/α-hetero) is 1. The van der Waals surface area contributed by atoms with Crippen LogP contribution < -0.4 is 29.7 Å². The van der Waals surface area contributed by atoms with Gasteiger partial charge in [-0.15, -0.1) is 0 Å². The van der Waals surface area contributed by atoms with Crippen LogP contribution in [0.3, 0.4) is 0 Å². The van der Waals surface area contributed by atoms with Crippen molar-refractivity contribution in [1.82, 2.24) is 0 Å². The molecule has 0 spiro atoms. The number of benzene rings is 3. The highest BCUT2D eigenvalue weighted by Gasteiger charge is 2.43. The Hall–Kier alpha value is -4.04. The fraction of sp³-hybridized carbons (Fsp3) is 0.290. The van der Waals surface area contributed by atoms with Gasteiger partial charge in [-0.1, -0.05) is 44.2 Å². The minimum atomic E-state index is -0.558. The second kappa shape index (κ2) is 10.6. The molecule has 1 aliphatic heterocycles. The third kappa shape index (κ3) is 5.04. The number of allylic oxidation sites excluding steroid dienone is 1. The van der Waals surface area contributed by atoms with Crippen molar-refractivity contribution in [3.8, 4) is 17.2 Å². The first-order valence-corrected chi connectivity index (χ1v) is 13.2. The number of anilines is 3. The summed E-state index contributed by atoms with van der Waals surface area (Å²) < 4.78 is 17.0. The van der Waals surface area contributed by atoms with Crippen LogP contribution in [0.25, 0.3) is 0 Å². The number of hydrogen-bond donors (Lipinski definition) is 2. The van der Waals surface area contributed by atoms with Crippen LogP contribution >= 0.6 is 12.2 Å². The van der Waals surface area contributed by atoms with Crippen molar-refractivity contribution in [3.05, 3.63) is 83.6 Å². The maximum atomic E-state index is 14.0. The number of rotatable bonds is 5. The molecule has 0 fully saturated rings. The number of para-hydroxylation sites is 3. The molecule has 7 nitrogen and oxygen atoms in total. The molecule has 3 aromatic carbocycles. The number of nitrogens with one attached hydrogen (secondary N) is 2. The number of ketones is 1. The summed E-state index contributed by atoms with van der Waals surface area (Å²) in [5, 5.41) is 7.47. The first kappa shape index (κ1) is 26.6. The standard InChI is InChI=1S/C31H33N3O4S/c1-31(2)17-22-27(24(35)18-31)28(19-15-25(36-3)29(38-5)26(16-19)37-4)34(23-14-10-9-13-21(23)33-22)30(39)32-20-11-7-6-8-12-20/h6-16,28,33H,17-18H2,1-5H3,(H,32,39). The predicted octanol–water partition coefficient (Wildman–Crippen LogP) is 6.73. The van der Waals surface area contributed by atoms with Crippen LogP contribution in [-0.2, 0) is 4.79 Å². The number of hydrogen-bond acceptors (Lipinski definition) is 6. The van der Waals surface area contributed by atoms with Gasteiger partial charge >= 0.3 is 0 Å². The van der Waals surface area contributed by atoms with Gasteiger partial charge in [-0.3, -0.25) is 4.79 Å². The van der Waals surface area contributed by atoms with Gasteiger partial charge in [-0.25, -0.2) is 0 Å². The summed E-state index contributed by atoms with van der Waals surface area (Å²) in [6, 6.07) is 21.0. The van der Waals surface area contributed by atoms with E-state index >= 15 is 0 Å². The van der Waals surface area contributed by atoms with E-state index in [0.29, 0.717) is 34.4 Å². The number of fused-ring (bicyclic) bond motifs is 1. The Labute approximate surface area is 234 Å². The molecule has 0 radical (unpaired) electrons. The second-order valence-electron chi connectivity index (χ2n) is 10.5. The zero-order valence-corrected chi connectivity index (χ0v) is 23.6. The van der Waals surface area contributed by atoms with Gasteiger partial charge in [0, 0.05) is 23.4 Å². The lowest BCUT2D eigenvalue weighted by molar-refractivity contribution is -0.118. The molecule has 1 aliphatic carbocycles. The molecular weight excluding hydrogens is 510 g/mol. The highest BCUT2D eigenvalue weighted by Crippen LogP contribution is 2.50. The molecule has 2 N–H and O–H groups in total. The van der Waals surface area contributed by atoms with Gasteiger partial charge in [-0.05, 0) is 66.0 Å². The Morgan fingerprint density at radius 3 is 2.23 bits per heavy atom. The van der Waals surface area contributed by atoms with Gasteiger partial charge < -0.3 is 29.7 Å². The third-order valence-corrected chi connectivity index (χ3v) is 7.45. The quantitative estimate of drug-likeness (QED) is 0.344. The van der Waals surface area contributed by atoms with Crippen LogP contribution in [-0.4, -0.2) is 32.2 Å². The molecule has 1 atom stereocenters. The number of nitrogens with zero attached hydrogens (tertiary/aromatic N) is 1. The van der Waals surface area contributed by atoms with Gasteiger partial charge in [0.1, 0.15) is 0 Å². The van der Waals surface area contributed by atoms with Crippen molar-refractivity contribution < 1.29 is 19.0 Å². The normalized spacial score (nSPS) is 17.8. The Morgan fingerprint density at radius 1 is 0.949 bits per heavy atom. The van der Waals surface area contributed by atoms with E-state index < -0.39 is 6.04 Å². The molecule has 0 aromatic heterocycles. The van der Waals surface area contributed by atoms with Crippen molar-refractivity contribution in [3.63, 3.8) is 0 Å². The van der Waals surface area contributed by atoms with Crippen molar-refractivity contribution >= 4 is 40.2 Å². The topological polar surface area (TPSA) is 72.1 Å². The molecule has 1 unspecified atom stereocenters. The van der Waals surface area contributed by atoms with Crippen LogP contribution in [0.4, 0.5) is 17.1 Å². The molecular formula is C31H33N3O4S. The molecule has 0 saturated heterocycles. The van der Waals surface area contributed by atoms with Gasteiger partial charge in [0.2, 0.25) is 5.75 Å². The lowest BCUT2D eigenvalue weighted by atomic mass is 9.73. The number of thiocarbonyl (C=S) groups is 1. The number of carbonyl (C=O) groups excluding carboxylic acids is 1. The summed E-state index contributed by atoms with van der Waals surface area (Å²) >= 11 is 6.08. The molecule has 0 amide bonds. The van der Waals surface area contributed by atoms with Gasteiger partial charge in [-0.2, -0.15) is 0 Å². The van der Waals surface area contributed by atoms with E-state index in [9.17, 15) is 4.79 Å². The lowest BCUT2D eigenvalue weighted by Crippen LogP contribution is -2.41.